The Morgan fingerprint density at radius 2 is 2.21 bits per heavy atom. The van der Waals surface area contributed by atoms with Gasteiger partial charge in [-0.2, -0.15) is 9.78 Å². The highest BCUT2D eigenvalue weighted by molar-refractivity contribution is 5.89. The molecular weight excluding hydrogens is 250 g/mol. The molecule has 7 nitrogen and oxygen atoms in total. The minimum atomic E-state index is -0.732. The van der Waals surface area contributed by atoms with Crippen LogP contribution in [0.15, 0.2) is 40.1 Å². The van der Waals surface area contributed by atoms with Gasteiger partial charge in [-0.25, -0.2) is 9.59 Å². The van der Waals surface area contributed by atoms with E-state index in [9.17, 15) is 14.4 Å². The van der Waals surface area contributed by atoms with Crippen molar-refractivity contribution in [3.05, 3.63) is 62.4 Å². The van der Waals surface area contributed by atoms with Crippen LogP contribution < -0.4 is 11.2 Å². The number of aromatic nitrogens is 3. The Hall–Kier alpha value is -2.70. The molecule has 0 saturated carbocycles. The Morgan fingerprint density at radius 1 is 1.42 bits per heavy atom. The summed E-state index contributed by atoms with van der Waals surface area (Å²) in [5.41, 5.74) is -0.0259. The average molecular weight is 261 g/mol. The van der Waals surface area contributed by atoms with Gasteiger partial charge in [0.2, 0.25) is 0 Å². The zero-order valence-electron chi connectivity index (χ0n) is 10.1. The van der Waals surface area contributed by atoms with E-state index >= 15 is 0 Å². The summed E-state index contributed by atoms with van der Waals surface area (Å²) in [6.07, 6.45) is 0.932. The van der Waals surface area contributed by atoms with E-state index in [2.05, 4.69) is 5.10 Å². The number of benzene rings is 1. The lowest BCUT2D eigenvalue weighted by Gasteiger charge is -2.05. The van der Waals surface area contributed by atoms with E-state index < -0.39 is 17.2 Å². The number of aromatic amines is 1. The van der Waals surface area contributed by atoms with Gasteiger partial charge in [-0.1, -0.05) is 17.7 Å². The van der Waals surface area contributed by atoms with Crippen LogP contribution in [0.5, 0.6) is 0 Å². The van der Waals surface area contributed by atoms with Gasteiger partial charge in [0.05, 0.1) is 5.56 Å². The molecule has 1 heterocycles. The van der Waals surface area contributed by atoms with Crippen molar-refractivity contribution in [2.75, 3.05) is 0 Å². The van der Waals surface area contributed by atoms with E-state index in [0.29, 0.717) is 5.56 Å². The molecule has 1 N–H and O–H groups in total. The van der Waals surface area contributed by atoms with Crippen molar-refractivity contribution in [2.24, 2.45) is 0 Å². The first-order valence-electron chi connectivity index (χ1n) is 5.46. The van der Waals surface area contributed by atoms with Crippen molar-refractivity contribution in [1.29, 1.82) is 0 Å². The van der Waals surface area contributed by atoms with Gasteiger partial charge in [-0.05, 0) is 19.1 Å². The number of esters is 1. The topological polar surface area (TPSA) is 94.1 Å². The second-order valence-electron chi connectivity index (χ2n) is 3.87. The predicted molar refractivity (Wildman–Crippen MR) is 65.7 cm³/mol. The van der Waals surface area contributed by atoms with Crippen molar-refractivity contribution >= 4 is 5.97 Å². The molecule has 0 fully saturated rings. The van der Waals surface area contributed by atoms with Crippen molar-refractivity contribution in [1.82, 2.24) is 14.8 Å². The number of hydrogen-bond acceptors (Lipinski definition) is 5. The molecule has 0 atom stereocenters. The lowest BCUT2D eigenvalue weighted by atomic mass is 10.1. The second-order valence-corrected chi connectivity index (χ2v) is 3.87. The van der Waals surface area contributed by atoms with Gasteiger partial charge in [-0.15, -0.1) is 0 Å². The van der Waals surface area contributed by atoms with E-state index in [-0.39, 0.29) is 6.73 Å². The Bertz CT molecular complexity index is 717. The number of ether oxygens (including phenoxy) is 1. The molecule has 2 aromatic rings. The van der Waals surface area contributed by atoms with Gasteiger partial charge in [-0.3, -0.25) is 9.78 Å². The Balaban J connectivity index is 2.08. The third kappa shape index (κ3) is 3.15. The quantitative estimate of drug-likeness (QED) is 0.788. The highest BCUT2D eigenvalue weighted by Gasteiger charge is 2.08. The van der Waals surface area contributed by atoms with E-state index in [4.69, 9.17) is 4.74 Å². The first-order chi connectivity index (χ1) is 9.06. The predicted octanol–water partition coefficient (Wildman–Crippen LogP) is 0.0545. The molecule has 0 aliphatic rings. The third-order valence-corrected chi connectivity index (χ3v) is 2.35. The zero-order valence-corrected chi connectivity index (χ0v) is 10.1. The molecule has 2 rings (SSSR count). The monoisotopic (exact) mass is 261 g/mol. The van der Waals surface area contributed by atoms with Crippen LogP contribution in [0.25, 0.3) is 0 Å². The lowest BCUT2D eigenvalue weighted by molar-refractivity contribution is 0.0336. The first kappa shape index (κ1) is 12.7. The Labute approximate surface area is 107 Å². The number of nitrogens with one attached hydrogen (secondary N) is 1. The summed E-state index contributed by atoms with van der Waals surface area (Å²) in [5.74, 6) is -0.566. The van der Waals surface area contributed by atoms with Crippen LogP contribution in [0.3, 0.4) is 0 Å². The smallest absolute Gasteiger partial charge is 0.347 e. The summed E-state index contributed by atoms with van der Waals surface area (Å²) < 4.78 is 5.77. The van der Waals surface area contributed by atoms with E-state index in [1.165, 1.54) is 0 Å². The third-order valence-electron chi connectivity index (χ3n) is 2.35. The summed E-state index contributed by atoms with van der Waals surface area (Å²) in [7, 11) is 0. The van der Waals surface area contributed by atoms with Crippen molar-refractivity contribution in [3.63, 3.8) is 0 Å². The zero-order chi connectivity index (χ0) is 13.8. The van der Waals surface area contributed by atoms with Crippen LogP contribution in [0.1, 0.15) is 15.9 Å². The normalized spacial score (nSPS) is 10.2. The van der Waals surface area contributed by atoms with Crippen LogP contribution in [0, 0.1) is 6.92 Å². The number of H-pyrrole nitrogens is 1. The molecule has 1 aromatic carbocycles. The Morgan fingerprint density at radius 3 is 2.89 bits per heavy atom. The molecule has 0 radical (unpaired) electrons. The number of rotatable bonds is 3. The number of hydrogen-bond donors (Lipinski definition) is 1. The summed E-state index contributed by atoms with van der Waals surface area (Å²) in [6.45, 7) is 1.49. The molecule has 0 aliphatic heterocycles. The van der Waals surface area contributed by atoms with Crippen molar-refractivity contribution in [3.8, 4) is 0 Å². The SMILES string of the molecule is Cc1cccc(C(=O)OCn2ncc(=O)[nH]c2=O)c1. The van der Waals surface area contributed by atoms with Gasteiger partial charge < -0.3 is 4.74 Å². The largest absolute Gasteiger partial charge is 0.439 e. The molecule has 0 aliphatic carbocycles. The molecule has 7 heteroatoms. The van der Waals surface area contributed by atoms with Crippen LogP contribution in [-0.4, -0.2) is 20.7 Å². The molecule has 0 spiro atoms. The average Bonchev–Trinajstić information content (AvgIpc) is 2.37. The van der Waals surface area contributed by atoms with Gasteiger partial charge in [0.25, 0.3) is 5.56 Å². The minimum absolute atomic E-state index is 0.359. The molecule has 0 unspecified atom stereocenters. The number of carbonyl (C=O) groups excluding carboxylic acids is 1. The summed E-state index contributed by atoms with van der Waals surface area (Å²) in [4.78, 5) is 35.8. The fourth-order valence-electron chi connectivity index (χ4n) is 1.44. The fourth-order valence-corrected chi connectivity index (χ4v) is 1.44. The molecule has 0 amide bonds. The van der Waals surface area contributed by atoms with Crippen LogP contribution >= 0.6 is 0 Å². The molecule has 0 saturated heterocycles. The maximum Gasteiger partial charge on any atom is 0.347 e. The Kier molecular flexibility index (Phi) is 3.56. The van der Waals surface area contributed by atoms with E-state index in [1.54, 1.807) is 18.2 Å². The number of carbonyl (C=O) groups is 1. The van der Waals surface area contributed by atoms with E-state index in [0.717, 1.165) is 16.4 Å². The standard InChI is InChI=1S/C12H11N3O4/c1-8-3-2-4-9(5-8)11(17)19-7-15-12(18)14-10(16)6-13-15/h2-6H,7H2,1H3,(H,14,16,18). The highest BCUT2D eigenvalue weighted by Crippen LogP contribution is 2.05. The second kappa shape index (κ2) is 5.30. The van der Waals surface area contributed by atoms with E-state index in [1.807, 2.05) is 18.0 Å². The maximum absolute atomic E-state index is 11.7. The van der Waals surface area contributed by atoms with Gasteiger partial charge in [0.1, 0.15) is 6.20 Å². The maximum atomic E-state index is 11.7. The molecule has 0 bridgehead atoms. The summed E-state index contributed by atoms with van der Waals surface area (Å²) in [5, 5.41) is 3.54. The van der Waals surface area contributed by atoms with Gasteiger partial charge in [0, 0.05) is 0 Å². The first-order valence-corrected chi connectivity index (χ1v) is 5.46. The van der Waals surface area contributed by atoms with Crippen molar-refractivity contribution < 1.29 is 9.53 Å². The van der Waals surface area contributed by atoms with Crippen LogP contribution in [0.2, 0.25) is 0 Å². The number of aryl methyl sites for hydroxylation is 1. The van der Waals surface area contributed by atoms with Gasteiger partial charge >= 0.3 is 11.7 Å². The fraction of sp³-hybridized carbons (Fsp3) is 0.167. The summed E-state index contributed by atoms with van der Waals surface area (Å²) in [6, 6.07) is 6.87. The summed E-state index contributed by atoms with van der Waals surface area (Å²) >= 11 is 0. The molecule has 1 aromatic heterocycles. The molecular formula is C12H11N3O4. The molecule has 98 valence electrons. The number of nitrogens with zero attached hydrogens (tertiary/aromatic N) is 2. The highest BCUT2D eigenvalue weighted by atomic mass is 16.5. The van der Waals surface area contributed by atoms with Crippen LogP contribution in [0.4, 0.5) is 0 Å². The van der Waals surface area contributed by atoms with Crippen molar-refractivity contribution in [2.45, 2.75) is 13.7 Å². The lowest BCUT2D eigenvalue weighted by Crippen LogP contribution is -2.32. The minimum Gasteiger partial charge on any atom is -0.439 e. The van der Waals surface area contributed by atoms with Gasteiger partial charge in [0.15, 0.2) is 6.73 Å². The molecule has 19 heavy (non-hydrogen) atoms. The van der Waals surface area contributed by atoms with Crippen LogP contribution in [-0.2, 0) is 11.5 Å².